The van der Waals surface area contributed by atoms with Gasteiger partial charge in [0.25, 0.3) is 5.91 Å². The van der Waals surface area contributed by atoms with Gasteiger partial charge < -0.3 is 9.88 Å². The van der Waals surface area contributed by atoms with Gasteiger partial charge in [0, 0.05) is 10.1 Å². The van der Waals surface area contributed by atoms with E-state index in [9.17, 15) is 4.79 Å². The number of benzene rings is 1. The molecule has 0 atom stereocenters. The summed E-state index contributed by atoms with van der Waals surface area (Å²) < 4.78 is 3.40. The van der Waals surface area contributed by atoms with Crippen molar-refractivity contribution < 1.29 is 4.79 Å². The normalized spacial score (nSPS) is 10.6. The Morgan fingerprint density at radius 2 is 2.30 bits per heavy atom. The van der Waals surface area contributed by atoms with E-state index in [1.807, 2.05) is 36.6 Å². The minimum Gasteiger partial charge on any atom is -0.345 e. The molecule has 0 aliphatic heterocycles. The summed E-state index contributed by atoms with van der Waals surface area (Å²) in [5, 5.41) is 9.73. The molecule has 1 aromatic heterocycles. The number of carbonyl (C=O) groups excluding carboxylic acids is 1. The van der Waals surface area contributed by atoms with Gasteiger partial charge in [-0.1, -0.05) is 12.1 Å². The van der Waals surface area contributed by atoms with Crippen LogP contribution in [-0.4, -0.2) is 20.7 Å². The first-order chi connectivity index (χ1) is 9.54. The standard InChI is InChI=1S/C13H15IN4OS/c1-3-18-10(16-17-13(18)20)7-15-12(19)9-6-4-5-8(2)11(9)14/h4-6H,3,7H2,1-2H3,(H,15,19)(H,17,20). The number of halogens is 1. The molecule has 0 fully saturated rings. The molecule has 20 heavy (non-hydrogen) atoms. The van der Waals surface area contributed by atoms with E-state index in [1.54, 1.807) is 0 Å². The van der Waals surface area contributed by atoms with E-state index in [0.29, 0.717) is 16.9 Å². The summed E-state index contributed by atoms with van der Waals surface area (Å²) in [6, 6.07) is 5.69. The smallest absolute Gasteiger partial charge is 0.252 e. The fourth-order valence-corrected chi connectivity index (χ4v) is 2.77. The molecule has 2 rings (SSSR count). The number of nitrogens with zero attached hydrogens (tertiary/aromatic N) is 2. The molecule has 2 N–H and O–H groups in total. The lowest BCUT2D eigenvalue weighted by Crippen LogP contribution is -2.25. The highest BCUT2D eigenvalue weighted by molar-refractivity contribution is 14.1. The predicted octanol–water partition coefficient (Wildman–Crippen LogP) is 2.80. The van der Waals surface area contributed by atoms with E-state index in [0.717, 1.165) is 21.5 Å². The third-order valence-electron chi connectivity index (χ3n) is 3.00. The van der Waals surface area contributed by atoms with Crippen LogP contribution in [0.25, 0.3) is 0 Å². The van der Waals surface area contributed by atoms with E-state index in [-0.39, 0.29) is 5.91 Å². The molecule has 1 heterocycles. The largest absolute Gasteiger partial charge is 0.345 e. The summed E-state index contributed by atoms with van der Waals surface area (Å²) in [6.45, 7) is 5.05. The number of hydrogen-bond acceptors (Lipinski definition) is 3. The van der Waals surface area contributed by atoms with Gasteiger partial charge in [0.15, 0.2) is 10.6 Å². The summed E-state index contributed by atoms with van der Waals surface area (Å²) in [7, 11) is 0. The molecule has 0 spiro atoms. The van der Waals surface area contributed by atoms with Crippen molar-refractivity contribution in [3.8, 4) is 0 Å². The second kappa shape index (κ2) is 6.49. The number of rotatable bonds is 4. The van der Waals surface area contributed by atoms with Crippen LogP contribution in [-0.2, 0) is 13.1 Å². The van der Waals surface area contributed by atoms with Crippen LogP contribution >= 0.6 is 34.8 Å². The third kappa shape index (κ3) is 3.09. The van der Waals surface area contributed by atoms with Crippen molar-refractivity contribution in [2.75, 3.05) is 0 Å². The van der Waals surface area contributed by atoms with Crippen molar-refractivity contribution in [3.05, 3.63) is 43.5 Å². The Bertz CT molecular complexity index is 692. The molecule has 0 saturated heterocycles. The average Bonchev–Trinajstić information content (AvgIpc) is 2.79. The van der Waals surface area contributed by atoms with Crippen molar-refractivity contribution in [1.82, 2.24) is 20.1 Å². The number of aromatic amines is 1. The first-order valence-electron chi connectivity index (χ1n) is 6.22. The van der Waals surface area contributed by atoms with Gasteiger partial charge in [0.05, 0.1) is 12.1 Å². The second-order valence-electron chi connectivity index (χ2n) is 4.31. The van der Waals surface area contributed by atoms with Gasteiger partial charge in [0.2, 0.25) is 0 Å². The molecular formula is C13H15IN4OS. The summed E-state index contributed by atoms with van der Waals surface area (Å²) >= 11 is 7.30. The Morgan fingerprint density at radius 3 is 3.00 bits per heavy atom. The minimum atomic E-state index is -0.102. The average molecular weight is 402 g/mol. The number of nitrogens with one attached hydrogen (secondary N) is 2. The quantitative estimate of drug-likeness (QED) is 0.611. The Labute approximate surface area is 135 Å². The lowest BCUT2D eigenvalue weighted by Gasteiger charge is -2.08. The lowest BCUT2D eigenvalue weighted by atomic mass is 10.1. The maximum Gasteiger partial charge on any atom is 0.252 e. The monoisotopic (exact) mass is 402 g/mol. The van der Waals surface area contributed by atoms with Gasteiger partial charge in [0.1, 0.15) is 0 Å². The van der Waals surface area contributed by atoms with Crippen LogP contribution in [0.15, 0.2) is 18.2 Å². The number of H-pyrrole nitrogens is 1. The van der Waals surface area contributed by atoms with Gasteiger partial charge in [-0.3, -0.25) is 9.89 Å². The molecule has 1 amide bonds. The topological polar surface area (TPSA) is 62.7 Å². The van der Waals surface area contributed by atoms with Gasteiger partial charge in [-0.15, -0.1) is 0 Å². The van der Waals surface area contributed by atoms with Crippen LogP contribution in [0, 0.1) is 15.3 Å². The van der Waals surface area contributed by atoms with Gasteiger partial charge in [-0.2, -0.15) is 5.10 Å². The Balaban J connectivity index is 2.13. The van der Waals surface area contributed by atoms with E-state index in [1.165, 1.54) is 0 Å². The maximum absolute atomic E-state index is 12.2. The van der Waals surface area contributed by atoms with Crippen molar-refractivity contribution in [1.29, 1.82) is 0 Å². The van der Waals surface area contributed by atoms with Crippen LogP contribution in [0.2, 0.25) is 0 Å². The fraction of sp³-hybridized carbons (Fsp3) is 0.308. The van der Waals surface area contributed by atoms with E-state index < -0.39 is 0 Å². The van der Waals surface area contributed by atoms with E-state index in [2.05, 4.69) is 38.1 Å². The van der Waals surface area contributed by atoms with Crippen molar-refractivity contribution in [2.45, 2.75) is 26.9 Å². The zero-order valence-electron chi connectivity index (χ0n) is 11.2. The molecule has 0 radical (unpaired) electrons. The third-order valence-corrected chi connectivity index (χ3v) is 4.74. The highest BCUT2D eigenvalue weighted by Crippen LogP contribution is 2.16. The summed E-state index contributed by atoms with van der Waals surface area (Å²) in [6.07, 6.45) is 0. The molecule has 5 nitrogen and oxygen atoms in total. The maximum atomic E-state index is 12.2. The summed E-state index contributed by atoms with van der Waals surface area (Å²) in [5.41, 5.74) is 1.78. The van der Waals surface area contributed by atoms with E-state index in [4.69, 9.17) is 12.2 Å². The second-order valence-corrected chi connectivity index (χ2v) is 5.77. The minimum absolute atomic E-state index is 0.102. The van der Waals surface area contributed by atoms with Crippen LogP contribution in [0.3, 0.4) is 0 Å². The van der Waals surface area contributed by atoms with Gasteiger partial charge in [-0.05, 0) is 60.3 Å². The zero-order chi connectivity index (χ0) is 14.7. The molecule has 2 aromatic rings. The van der Waals surface area contributed by atoms with Crippen molar-refractivity contribution >= 4 is 40.7 Å². The molecular weight excluding hydrogens is 387 g/mol. The fourth-order valence-electron chi connectivity index (χ4n) is 1.89. The molecule has 0 aliphatic rings. The zero-order valence-corrected chi connectivity index (χ0v) is 14.2. The first kappa shape index (κ1) is 15.2. The van der Waals surface area contributed by atoms with Gasteiger partial charge in [-0.25, -0.2) is 0 Å². The Kier molecular flexibility index (Phi) is 4.92. The number of aryl methyl sites for hydroxylation is 1. The number of aromatic nitrogens is 3. The first-order valence-corrected chi connectivity index (χ1v) is 7.70. The molecule has 1 aromatic carbocycles. The lowest BCUT2D eigenvalue weighted by molar-refractivity contribution is 0.0948. The molecule has 0 bridgehead atoms. The van der Waals surface area contributed by atoms with Crippen LogP contribution in [0.1, 0.15) is 28.7 Å². The molecule has 106 valence electrons. The van der Waals surface area contributed by atoms with Crippen LogP contribution in [0.4, 0.5) is 0 Å². The summed E-state index contributed by atoms with van der Waals surface area (Å²) in [5.74, 6) is 0.628. The Hall–Kier alpha value is -1.22. The number of carbonyl (C=O) groups is 1. The van der Waals surface area contributed by atoms with Crippen LogP contribution in [0.5, 0.6) is 0 Å². The predicted molar refractivity (Wildman–Crippen MR) is 88.2 cm³/mol. The highest BCUT2D eigenvalue weighted by atomic mass is 127. The highest BCUT2D eigenvalue weighted by Gasteiger charge is 2.12. The van der Waals surface area contributed by atoms with Crippen LogP contribution < -0.4 is 5.32 Å². The molecule has 0 saturated carbocycles. The van der Waals surface area contributed by atoms with Crippen molar-refractivity contribution in [2.24, 2.45) is 0 Å². The summed E-state index contributed by atoms with van der Waals surface area (Å²) in [4.78, 5) is 12.2. The van der Waals surface area contributed by atoms with Crippen molar-refractivity contribution in [3.63, 3.8) is 0 Å². The Morgan fingerprint density at radius 1 is 1.55 bits per heavy atom. The molecule has 7 heteroatoms. The number of amides is 1. The van der Waals surface area contributed by atoms with E-state index >= 15 is 0 Å². The SMILES string of the molecule is CCn1c(CNC(=O)c2cccc(C)c2I)n[nH]c1=S. The molecule has 0 unspecified atom stereocenters. The molecule has 0 aliphatic carbocycles. The number of hydrogen-bond donors (Lipinski definition) is 2. The van der Waals surface area contributed by atoms with Gasteiger partial charge >= 0.3 is 0 Å².